The van der Waals surface area contributed by atoms with Crippen molar-refractivity contribution in [3.8, 4) is 33.4 Å². The molecule has 0 amide bonds. The van der Waals surface area contributed by atoms with Crippen LogP contribution in [0.4, 0.5) is 0 Å². The Morgan fingerprint density at radius 1 is 0.450 bits per heavy atom. The fraction of sp³-hybridized carbons (Fsp3) is 0.0847. The largest absolute Gasteiger partial charge is 1.00 e. The van der Waals surface area contributed by atoms with Gasteiger partial charge in [0.1, 0.15) is 5.65 Å². The molecule has 80 heavy (non-hydrogen) atoms. The zero-order valence-electron chi connectivity index (χ0n) is 43.8. The summed E-state index contributed by atoms with van der Waals surface area (Å²) in [6.07, 6.45) is 23.2. The Morgan fingerprint density at radius 2 is 0.838 bits per heavy atom. The molecule has 0 aliphatic rings. The number of H-pyrrole nitrogens is 1. The van der Waals surface area contributed by atoms with Gasteiger partial charge in [-0.15, -0.1) is 0 Å². The Labute approximate surface area is 492 Å². The van der Waals surface area contributed by atoms with E-state index in [0.29, 0.717) is 17.7 Å². The Hall–Kier alpha value is -8.08. The molecule has 2 N–H and O–H groups in total. The quantitative estimate of drug-likeness (QED) is 0.122. The van der Waals surface area contributed by atoms with Gasteiger partial charge in [0, 0.05) is 131 Å². The van der Waals surface area contributed by atoms with Crippen molar-refractivity contribution < 1.29 is 51.9 Å². The summed E-state index contributed by atoms with van der Waals surface area (Å²) in [6, 6.07) is 43.4. The monoisotopic (exact) mass is 1170 g/mol. The van der Waals surface area contributed by atoms with Crippen LogP contribution in [0, 0.1) is 0 Å². The third-order valence-electron chi connectivity index (χ3n) is 13.0. The summed E-state index contributed by atoms with van der Waals surface area (Å²) in [6.45, 7) is 0. The summed E-state index contributed by atoms with van der Waals surface area (Å²) in [4.78, 5) is 17.1. The van der Waals surface area contributed by atoms with E-state index in [1.807, 2.05) is 99.4 Å². The van der Waals surface area contributed by atoms with Crippen LogP contribution in [0.3, 0.4) is 0 Å². The van der Waals surface area contributed by atoms with Gasteiger partial charge in [-0.1, -0.05) is 97.1 Å². The Morgan fingerprint density at radius 3 is 1.27 bits per heavy atom. The summed E-state index contributed by atoms with van der Waals surface area (Å²) in [5.74, 6) is 0. The van der Waals surface area contributed by atoms with E-state index in [9.17, 15) is 16.8 Å². The number of benzene rings is 4. The average Bonchev–Trinajstić information content (AvgIpc) is 4.40. The maximum Gasteiger partial charge on any atom is 1.00 e. The number of pyridine rings is 3. The molecule has 0 saturated carbocycles. The van der Waals surface area contributed by atoms with E-state index in [-0.39, 0.29) is 44.8 Å². The molecule has 4 aromatic carbocycles. The first-order chi connectivity index (χ1) is 37.8. The number of halogens is 1. The van der Waals surface area contributed by atoms with Crippen LogP contribution in [0.15, 0.2) is 228 Å². The first kappa shape index (κ1) is 56.6. The van der Waals surface area contributed by atoms with Crippen molar-refractivity contribution in [2.45, 2.75) is 22.6 Å². The van der Waals surface area contributed by atoms with Gasteiger partial charge in [0.05, 0.1) is 28.4 Å². The molecule has 9 heterocycles. The van der Waals surface area contributed by atoms with E-state index in [4.69, 9.17) is 0 Å². The molecule has 9 aromatic heterocycles. The van der Waals surface area contributed by atoms with Crippen molar-refractivity contribution in [1.29, 1.82) is 0 Å². The third-order valence-corrected chi connectivity index (χ3v) is 16.7. The third kappa shape index (κ3) is 11.9. The number of aryl methyl sites for hydroxylation is 3. The maximum atomic E-state index is 13.4. The molecule has 21 heteroatoms. The standard InChI is InChI=1S/C24H20N4O2S.C18H16N4.C17H13BrN4O2S.Na.H2O/c1-27-16-20(15-26-27)23-17-28(31(29,30)21-10-6-3-7-11-21)24-22(23)13-19(14-25-24)12-18-8-4-2-5-9-18;1-22-12-15(10-21-22)17-11-20-18-16(17)8-14(9-19-18)7-13-5-3-2-4-6-13;1-21-10-12(8-20-21)16-11-22(17-15(16)7-13(18)9-19-17)25(23,24)14-5-3-2-4-6-14;;/h2-11,13-17H,12H2,1H3;2-6,8-12H,7H2,1H3,(H,19,20);2-11H,1H3;;1H2/q;;;+1;/p-1. The summed E-state index contributed by atoms with van der Waals surface area (Å²) in [5, 5.41) is 15.3. The van der Waals surface area contributed by atoms with Crippen molar-refractivity contribution in [3.63, 3.8) is 0 Å². The molecule has 0 aliphatic heterocycles. The fourth-order valence-electron chi connectivity index (χ4n) is 9.24. The van der Waals surface area contributed by atoms with Crippen molar-refractivity contribution in [2.75, 3.05) is 0 Å². The zero-order valence-corrected chi connectivity index (χ0v) is 49.0. The van der Waals surface area contributed by atoms with Crippen molar-refractivity contribution in [1.82, 2.24) is 57.2 Å². The van der Waals surface area contributed by atoms with Gasteiger partial charge in [0.2, 0.25) is 0 Å². The summed E-state index contributed by atoms with van der Waals surface area (Å²) >= 11 is 3.41. The Balaban J connectivity index is 0.000000146. The summed E-state index contributed by atoms with van der Waals surface area (Å²) in [5.41, 5.74) is 11.8. The van der Waals surface area contributed by atoms with E-state index in [0.717, 1.165) is 71.6 Å². The van der Waals surface area contributed by atoms with Gasteiger partial charge in [-0.2, -0.15) is 15.3 Å². The molecule has 0 bridgehead atoms. The topological polar surface area (TPSA) is 216 Å². The van der Waals surface area contributed by atoms with Crippen LogP contribution >= 0.6 is 15.9 Å². The second-order valence-electron chi connectivity index (χ2n) is 18.5. The van der Waals surface area contributed by atoms with E-state index in [1.165, 1.54) is 24.6 Å². The molecule has 0 unspecified atom stereocenters. The van der Waals surface area contributed by atoms with Crippen LogP contribution < -0.4 is 29.6 Å². The Bertz CT molecular complexity index is 4490. The molecule has 0 saturated heterocycles. The molecule has 0 spiro atoms. The summed E-state index contributed by atoms with van der Waals surface area (Å²) in [7, 11) is -1.96. The fourth-order valence-corrected chi connectivity index (χ4v) is 12.3. The van der Waals surface area contributed by atoms with E-state index >= 15 is 0 Å². The SMILES string of the molecule is Cn1cc(-c2c[nH]c3ncc(Cc4ccccc4)cc23)cn1.Cn1cc(-c2cn(S(=O)(=O)c3ccccc3)c3ncc(Br)cc23)cn1.Cn1cc(-c2cn(S(=O)(=O)c3ccccc3)c3ncc(Cc4ccccc4)cc23)cn1.[Na+].[OH-]. The molecule has 0 atom stereocenters. The normalized spacial score (nSPS) is 11.3. The summed E-state index contributed by atoms with van der Waals surface area (Å²) < 4.78 is 61.4. The van der Waals surface area contributed by atoms with Gasteiger partial charge < -0.3 is 10.5 Å². The number of nitrogens with zero attached hydrogens (tertiary/aromatic N) is 11. The van der Waals surface area contributed by atoms with E-state index in [1.54, 1.807) is 107 Å². The van der Waals surface area contributed by atoms with Crippen molar-refractivity contribution in [3.05, 3.63) is 241 Å². The molecule has 0 aliphatic carbocycles. The van der Waals surface area contributed by atoms with Crippen LogP contribution in [0.25, 0.3) is 66.5 Å². The van der Waals surface area contributed by atoms with Crippen LogP contribution in [0.5, 0.6) is 0 Å². The average molecular weight is 1170 g/mol. The number of hydrogen-bond donors (Lipinski definition) is 1. The van der Waals surface area contributed by atoms with Crippen molar-refractivity contribution >= 4 is 69.1 Å². The number of fused-ring (bicyclic) bond motifs is 3. The van der Waals surface area contributed by atoms with Crippen molar-refractivity contribution in [2.24, 2.45) is 21.1 Å². The van der Waals surface area contributed by atoms with Gasteiger partial charge in [0.15, 0.2) is 11.3 Å². The first-order valence-corrected chi connectivity index (χ1v) is 28.2. The second kappa shape index (κ2) is 24.1. The first-order valence-electron chi connectivity index (χ1n) is 24.6. The minimum absolute atomic E-state index is 0. The van der Waals surface area contributed by atoms with Gasteiger partial charge in [-0.3, -0.25) is 14.0 Å². The molecule has 0 radical (unpaired) electrons. The predicted octanol–water partition coefficient (Wildman–Crippen LogP) is 8.08. The van der Waals surface area contributed by atoms with Crippen LogP contribution in [-0.4, -0.2) is 79.5 Å². The van der Waals surface area contributed by atoms with E-state index < -0.39 is 20.0 Å². The molecule has 17 nitrogen and oxygen atoms in total. The Kier molecular flexibility index (Phi) is 17.1. The number of nitrogens with one attached hydrogen (secondary N) is 1. The van der Waals surface area contributed by atoms with Gasteiger partial charge in [0.25, 0.3) is 20.0 Å². The molecular formula is C59H50BrN12NaO5S2. The van der Waals surface area contributed by atoms with Crippen LogP contribution in [-0.2, 0) is 54.0 Å². The number of aromatic amines is 1. The number of aromatic nitrogens is 12. The minimum Gasteiger partial charge on any atom is -0.870 e. The smallest absolute Gasteiger partial charge is 0.870 e. The maximum absolute atomic E-state index is 13.4. The van der Waals surface area contributed by atoms with Crippen LogP contribution in [0.2, 0.25) is 0 Å². The minimum atomic E-state index is -3.79. The molecule has 13 aromatic rings. The van der Waals surface area contributed by atoms with Gasteiger partial charge in [-0.05, 0) is 93.5 Å². The zero-order chi connectivity index (χ0) is 54.0. The van der Waals surface area contributed by atoms with Gasteiger partial charge in [-0.25, -0.2) is 39.7 Å². The molecular weight excluding hydrogens is 1120 g/mol. The molecule has 0 fully saturated rings. The van der Waals surface area contributed by atoms with E-state index in [2.05, 4.69) is 93.6 Å². The van der Waals surface area contributed by atoms with Gasteiger partial charge >= 0.3 is 29.6 Å². The molecule has 13 rings (SSSR count). The molecule has 396 valence electrons. The number of rotatable bonds is 11. The predicted molar refractivity (Wildman–Crippen MR) is 308 cm³/mol. The van der Waals surface area contributed by atoms with Crippen LogP contribution in [0.1, 0.15) is 22.3 Å². The second-order valence-corrected chi connectivity index (χ2v) is 23.1. The number of hydrogen-bond acceptors (Lipinski definition) is 11.